The molecule has 1 unspecified atom stereocenters. The molecule has 0 spiro atoms. The summed E-state index contributed by atoms with van der Waals surface area (Å²) in [6, 6.07) is 4.06. The highest BCUT2D eigenvalue weighted by molar-refractivity contribution is 5.66. The van der Waals surface area contributed by atoms with Gasteiger partial charge in [-0.15, -0.1) is 0 Å². The van der Waals surface area contributed by atoms with Crippen LogP contribution in [0.1, 0.15) is 12.5 Å². The van der Waals surface area contributed by atoms with E-state index in [9.17, 15) is 0 Å². The predicted octanol–water partition coefficient (Wildman–Crippen LogP) is 1.57. The number of nitrogens with zero attached hydrogens (tertiary/aromatic N) is 3. The summed E-state index contributed by atoms with van der Waals surface area (Å²) in [5, 5.41) is 8.73. The first-order valence-corrected chi connectivity index (χ1v) is 4.88. The van der Waals surface area contributed by atoms with Crippen LogP contribution in [0.4, 0.5) is 11.5 Å². The lowest BCUT2D eigenvalue weighted by molar-refractivity contribution is 0.711. The van der Waals surface area contributed by atoms with Crippen LogP contribution in [-0.4, -0.2) is 18.6 Å². The maximum absolute atomic E-state index is 8.73. The van der Waals surface area contributed by atoms with Crippen molar-refractivity contribution < 1.29 is 0 Å². The summed E-state index contributed by atoms with van der Waals surface area (Å²) in [5.74, 6) is 0.716. The van der Waals surface area contributed by atoms with E-state index in [0.29, 0.717) is 12.2 Å². The van der Waals surface area contributed by atoms with Gasteiger partial charge in [-0.2, -0.15) is 5.26 Å². The Labute approximate surface area is 90.3 Å². The van der Waals surface area contributed by atoms with Crippen LogP contribution in [-0.2, 0) is 0 Å². The zero-order valence-electron chi connectivity index (χ0n) is 9.36. The Balaban J connectivity index is 2.87. The quantitative estimate of drug-likeness (QED) is 0.811. The standard InChI is InChI=1S/C11H16N4/c1-8(6-12)7-15(3)11-10(13)9(2)4-5-14-11/h4-5,8H,7,13H2,1-3H3. The third kappa shape index (κ3) is 2.59. The van der Waals surface area contributed by atoms with Gasteiger partial charge in [-0.3, -0.25) is 0 Å². The summed E-state index contributed by atoms with van der Waals surface area (Å²) in [7, 11) is 1.89. The Hall–Kier alpha value is -1.76. The largest absolute Gasteiger partial charge is 0.396 e. The minimum atomic E-state index is -0.0308. The van der Waals surface area contributed by atoms with E-state index < -0.39 is 0 Å². The predicted molar refractivity (Wildman–Crippen MR) is 61.4 cm³/mol. The summed E-state index contributed by atoms with van der Waals surface area (Å²) in [6.45, 7) is 4.46. The molecule has 0 fully saturated rings. The van der Waals surface area contributed by atoms with Crippen LogP contribution in [0.15, 0.2) is 12.3 Å². The fourth-order valence-electron chi connectivity index (χ4n) is 1.40. The van der Waals surface area contributed by atoms with Crippen molar-refractivity contribution >= 4 is 11.5 Å². The molecule has 0 aliphatic rings. The molecule has 4 heteroatoms. The molecule has 0 saturated heterocycles. The minimum absolute atomic E-state index is 0.0308. The number of nitrogens with two attached hydrogens (primary N) is 1. The van der Waals surface area contributed by atoms with Crippen LogP contribution in [0, 0.1) is 24.2 Å². The molecule has 0 saturated carbocycles. The van der Waals surface area contributed by atoms with Gasteiger partial charge in [0.1, 0.15) is 0 Å². The monoisotopic (exact) mass is 204 g/mol. The lowest BCUT2D eigenvalue weighted by Gasteiger charge is -2.21. The molecule has 0 radical (unpaired) electrons. The molecule has 1 aromatic rings. The third-order valence-electron chi connectivity index (χ3n) is 2.32. The van der Waals surface area contributed by atoms with Crippen molar-refractivity contribution in [1.82, 2.24) is 4.98 Å². The fraction of sp³-hybridized carbons (Fsp3) is 0.455. The molecule has 1 rings (SSSR count). The minimum Gasteiger partial charge on any atom is -0.396 e. The van der Waals surface area contributed by atoms with E-state index in [0.717, 1.165) is 11.4 Å². The number of nitriles is 1. The van der Waals surface area contributed by atoms with Crippen LogP contribution in [0.25, 0.3) is 0 Å². The fourth-order valence-corrected chi connectivity index (χ4v) is 1.40. The molecule has 1 aromatic heterocycles. The highest BCUT2D eigenvalue weighted by atomic mass is 15.2. The van der Waals surface area contributed by atoms with Crippen molar-refractivity contribution in [1.29, 1.82) is 5.26 Å². The Bertz CT molecular complexity index is 381. The van der Waals surface area contributed by atoms with Gasteiger partial charge in [-0.1, -0.05) is 0 Å². The number of pyridine rings is 1. The van der Waals surface area contributed by atoms with E-state index in [-0.39, 0.29) is 5.92 Å². The van der Waals surface area contributed by atoms with Crippen LogP contribution < -0.4 is 10.6 Å². The second-order valence-corrected chi connectivity index (χ2v) is 3.78. The molecule has 0 amide bonds. The van der Waals surface area contributed by atoms with Gasteiger partial charge in [-0.05, 0) is 25.5 Å². The first-order valence-electron chi connectivity index (χ1n) is 4.88. The molecule has 1 heterocycles. The molecule has 80 valence electrons. The van der Waals surface area contributed by atoms with Gasteiger partial charge in [0.2, 0.25) is 0 Å². The van der Waals surface area contributed by atoms with Crippen molar-refractivity contribution in [3.63, 3.8) is 0 Å². The first-order chi connectivity index (χ1) is 7.06. The summed E-state index contributed by atoms with van der Waals surface area (Å²) in [6.07, 6.45) is 1.73. The Morgan fingerprint density at radius 1 is 1.67 bits per heavy atom. The van der Waals surface area contributed by atoms with Crippen LogP contribution in [0.2, 0.25) is 0 Å². The van der Waals surface area contributed by atoms with Gasteiger partial charge in [0.15, 0.2) is 5.82 Å². The molecule has 0 aromatic carbocycles. The van der Waals surface area contributed by atoms with E-state index in [4.69, 9.17) is 11.0 Å². The summed E-state index contributed by atoms with van der Waals surface area (Å²) >= 11 is 0. The first kappa shape index (κ1) is 11.3. The second kappa shape index (κ2) is 4.65. The van der Waals surface area contributed by atoms with E-state index in [1.807, 2.05) is 31.9 Å². The van der Waals surface area contributed by atoms with Crippen molar-refractivity contribution in [2.75, 3.05) is 24.2 Å². The van der Waals surface area contributed by atoms with Crippen LogP contribution in [0.3, 0.4) is 0 Å². The van der Waals surface area contributed by atoms with E-state index in [2.05, 4.69) is 11.1 Å². The smallest absolute Gasteiger partial charge is 0.151 e. The number of nitrogen functional groups attached to an aromatic ring is 1. The number of hydrogen-bond donors (Lipinski definition) is 1. The summed E-state index contributed by atoms with van der Waals surface area (Å²) in [5.41, 5.74) is 7.61. The number of aryl methyl sites for hydroxylation is 1. The highest BCUT2D eigenvalue weighted by Gasteiger charge is 2.11. The highest BCUT2D eigenvalue weighted by Crippen LogP contribution is 2.22. The molecule has 1 atom stereocenters. The SMILES string of the molecule is Cc1ccnc(N(C)CC(C)C#N)c1N. The van der Waals surface area contributed by atoms with Crippen LogP contribution in [0.5, 0.6) is 0 Å². The van der Waals surface area contributed by atoms with Gasteiger partial charge in [0.25, 0.3) is 0 Å². The van der Waals surface area contributed by atoms with E-state index >= 15 is 0 Å². The maximum Gasteiger partial charge on any atom is 0.151 e. The van der Waals surface area contributed by atoms with Crippen molar-refractivity contribution in [3.8, 4) is 6.07 Å². The number of hydrogen-bond acceptors (Lipinski definition) is 4. The average Bonchev–Trinajstić information content (AvgIpc) is 2.21. The summed E-state index contributed by atoms with van der Waals surface area (Å²) < 4.78 is 0. The zero-order chi connectivity index (χ0) is 11.4. The zero-order valence-corrected chi connectivity index (χ0v) is 9.36. The molecular weight excluding hydrogens is 188 g/mol. The van der Waals surface area contributed by atoms with Gasteiger partial charge < -0.3 is 10.6 Å². The van der Waals surface area contributed by atoms with Gasteiger partial charge in [-0.25, -0.2) is 4.98 Å². The Kier molecular flexibility index (Phi) is 3.51. The van der Waals surface area contributed by atoms with Gasteiger partial charge >= 0.3 is 0 Å². The van der Waals surface area contributed by atoms with Crippen LogP contribution >= 0.6 is 0 Å². The molecule has 2 N–H and O–H groups in total. The molecule has 0 aliphatic heterocycles. The molecule has 0 aliphatic carbocycles. The normalized spacial score (nSPS) is 11.9. The lowest BCUT2D eigenvalue weighted by atomic mass is 10.2. The van der Waals surface area contributed by atoms with E-state index in [1.165, 1.54) is 0 Å². The van der Waals surface area contributed by atoms with Gasteiger partial charge in [0.05, 0.1) is 17.7 Å². The Morgan fingerprint density at radius 3 is 2.93 bits per heavy atom. The molecular formula is C11H16N4. The number of rotatable bonds is 3. The molecule has 4 nitrogen and oxygen atoms in total. The molecule has 0 bridgehead atoms. The lowest BCUT2D eigenvalue weighted by Crippen LogP contribution is -2.25. The van der Waals surface area contributed by atoms with Crippen molar-refractivity contribution in [3.05, 3.63) is 17.8 Å². The second-order valence-electron chi connectivity index (χ2n) is 3.78. The summed E-state index contributed by atoms with van der Waals surface area (Å²) in [4.78, 5) is 6.13. The van der Waals surface area contributed by atoms with Gasteiger partial charge in [0, 0.05) is 19.8 Å². The third-order valence-corrected chi connectivity index (χ3v) is 2.32. The Morgan fingerprint density at radius 2 is 2.33 bits per heavy atom. The van der Waals surface area contributed by atoms with E-state index in [1.54, 1.807) is 6.20 Å². The average molecular weight is 204 g/mol. The number of anilines is 2. The maximum atomic E-state index is 8.73. The number of aromatic nitrogens is 1. The van der Waals surface area contributed by atoms with Crippen molar-refractivity contribution in [2.45, 2.75) is 13.8 Å². The molecule has 15 heavy (non-hydrogen) atoms. The topological polar surface area (TPSA) is 65.9 Å². The van der Waals surface area contributed by atoms with Crippen molar-refractivity contribution in [2.24, 2.45) is 5.92 Å².